The van der Waals surface area contributed by atoms with Crippen LogP contribution in [0.2, 0.25) is 5.02 Å². The molecule has 1 heterocycles. The first kappa shape index (κ1) is 13.6. The van der Waals surface area contributed by atoms with E-state index in [1.165, 1.54) is 11.1 Å². The smallest absolute Gasteiger partial charge is 0.0648 e. The highest BCUT2D eigenvalue weighted by molar-refractivity contribution is 14.1. The molecule has 19 heavy (non-hydrogen) atoms. The molecule has 0 radical (unpaired) electrons. The lowest BCUT2D eigenvalue weighted by atomic mass is 10.0. The van der Waals surface area contributed by atoms with E-state index in [-0.39, 0.29) is 0 Å². The van der Waals surface area contributed by atoms with E-state index in [1.807, 2.05) is 17.8 Å². The van der Waals surface area contributed by atoms with Crippen molar-refractivity contribution in [3.05, 3.63) is 62.2 Å². The molecule has 0 spiro atoms. The Morgan fingerprint density at radius 1 is 1.21 bits per heavy atom. The molecule has 0 bridgehead atoms. The molecule has 1 aliphatic heterocycles. The van der Waals surface area contributed by atoms with Crippen LogP contribution in [0.4, 0.5) is 5.69 Å². The highest BCUT2D eigenvalue weighted by atomic mass is 127. The van der Waals surface area contributed by atoms with Crippen molar-refractivity contribution in [3.63, 3.8) is 0 Å². The topological polar surface area (TPSA) is 12.0 Å². The van der Waals surface area contributed by atoms with Crippen LogP contribution in [0, 0.1) is 3.57 Å². The van der Waals surface area contributed by atoms with E-state index in [9.17, 15) is 0 Å². The summed E-state index contributed by atoms with van der Waals surface area (Å²) in [5.74, 6) is 2.19. The Morgan fingerprint density at radius 3 is 2.89 bits per heavy atom. The molecular formula is C15H13ClINS. The van der Waals surface area contributed by atoms with Crippen molar-refractivity contribution in [3.8, 4) is 0 Å². The Bertz CT molecular complexity index is 602. The zero-order chi connectivity index (χ0) is 13.2. The van der Waals surface area contributed by atoms with Gasteiger partial charge in [0.05, 0.1) is 16.8 Å². The van der Waals surface area contributed by atoms with Gasteiger partial charge in [-0.1, -0.05) is 35.9 Å². The minimum absolute atomic E-state index is 0.340. The van der Waals surface area contributed by atoms with Gasteiger partial charge in [0.1, 0.15) is 0 Å². The minimum Gasteiger partial charge on any atom is -0.376 e. The van der Waals surface area contributed by atoms with Gasteiger partial charge in [0.25, 0.3) is 0 Å². The number of thioether (sulfide) groups is 1. The van der Waals surface area contributed by atoms with E-state index in [1.54, 1.807) is 0 Å². The standard InChI is InChI=1S/C15H13ClINS/c16-13-7-11(17)5-6-14(13)18-15-9-19-8-10-3-1-2-4-12(10)15/h1-7,15,18H,8-9H2. The molecule has 0 aliphatic carbocycles. The maximum absolute atomic E-state index is 6.30. The molecule has 1 aliphatic rings. The van der Waals surface area contributed by atoms with Gasteiger partial charge < -0.3 is 5.32 Å². The van der Waals surface area contributed by atoms with E-state index >= 15 is 0 Å². The van der Waals surface area contributed by atoms with Crippen LogP contribution in [0.1, 0.15) is 17.2 Å². The van der Waals surface area contributed by atoms with Crippen molar-refractivity contribution < 1.29 is 0 Å². The highest BCUT2D eigenvalue weighted by Crippen LogP contribution is 2.35. The van der Waals surface area contributed by atoms with Gasteiger partial charge in [0.15, 0.2) is 0 Å². The van der Waals surface area contributed by atoms with Gasteiger partial charge in [-0.3, -0.25) is 0 Å². The molecule has 1 atom stereocenters. The minimum atomic E-state index is 0.340. The summed E-state index contributed by atoms with van der Waals surface area (Å²) in [6, 6.07) is 15.1. The van der Waals surface area contributed by atoms with Crippen LogP contribution in [-0.4, -0.2) is 5.75 Å². The van der Waals surface area contributed by atoms with Crippen molar-refractivity contribution in [1.82, 2.24) is 0 Å². The Morgan fingerprint density at radius 2 is 2.05 bits per heavy atom. The molecule has 0 fully saturated rings. The van der Waals surface area contributed by atoms with Gasteiger partial charge in [-0.15, -0.1) is 0 Å². The van der Waals surface area contributed by atoms with Crippen molar-refractivity contribution >= 4 is 51.6 Å². The molecule has 3 rings (SSSR count). The van der Waals surface area contributed by atoms with Crippen LogP contribution in [0.25, 0.3) is 0 Å². The number of benzene rings is 2. The second kappa shape index (κ2) is 5.94. The molecule has 1 nitrogen and oxygen atoms in total. The van der Waals surface area contributed by atoms with Gasteiger partial charge in [0, 0.05) is 15.1 Å². The first-order valence-electron chi connectivity index (χ1n) is 6.11. The zero-order valence-electron chi connectivity index (χ0n) is 10.2. The third-order valence-corrected chi connectivity index (χ3v) is 5.30. The second-order valence-electron chi connectivity index (χ2n) is 4.54. The number of anilines is 1. The summed E-state index contributed by atoms with van der Waals surface area (Å²) < 4.78 is 1.16. The van der Waals surface area contributed by atoms with Crippen LogP contribution < -0.4 is 5.32 Å². The van der Waals surface area contributed by atoms with E-state index in [0.717, 1.165) is 25.8 Å². The van der Waals surface area contributed by atoms with Crippen molar-refractivity contribution in [2.24, 2.45) is 0 Å². The summed E-state index contributed by atoms with van der Waals surface area (Å²) in [6.45, 7) is 0. The van der Waals surface area contributed by atoms with E-state index in [0.29, 0.717) is 6.04 Å². The molecule has 0 amide bonds. The summed E-state index contributed by atoms with van der Waals surface area (Å²) in [6.07, 6.45) is 0. The molecule has 98 valence electrons. The fourth-order valence-corrected chi connectivity index (χ4v) is 4.31. The molecule has 2 aromatic carbocycles. The molecule has 1 unspecified atom stereocenters. The first-order chi connectivity index (χ1) is 9.24. The molecule has 1 N–H and O–H groups in total. The normalized spacial score (nSPS) is 17.9. The Balaban J connectivity index is 1.88. The van der Waals surface area contributed by atoms with Gasteiger partial charge in [0.2, 0.25) is 0 Å². The number of rotatable bonds is 2. The predicted octanol–water partition coefficient (Wildman–Crippen LogP) is 5.34. The largest absolute Gasteiger partial charge is 0.376 e. The molecule has 0 saturated heterocycles. The van der Waals surface area contributed by atoms with Crippen LogP contribution >= 0.6 is 46.0 Å². The lowest BCUT2D eigenvalue weighted by molar-refractivity contribution is 0.871. The Labute approximate surface area is 136 Å². The fraction of sp³-hybridized carbons (Fsp3) is 0.200. The van der Waals surface area contributed by atoms with E-state index in [4.69, 9.17) is 11.6 Å². The van der Waals surface area contributed by atoms with Crippen molar-refractivity contribution in [2.75, 3.05) is 11.1 Å². The van der Waals surface area contributed by atoms with Gasteiger partial charge >= 0.3 is 0 Å². The zero-order valence-corrected chi connectivity index (χ0v) is 13.9. The SMILES string of the molecule is Clc1cc(I)ccc1NC1CSCc2ccccc21. The maximum Gasteiger partial charge on any atom is 0.0648 e. The number of halogens is 2. The van der Waals surface area contributed by atoms with Crippen LogP contribution in [-0.2, 0) is 5.75 Å². The molecule has 2 aromatic rings. The Kier molecular flexibility index (Phi) is 4.24. The number of fused-ring (bicyclic) bond motifs is 1. The maximum atomic E-state index is 6.30. The monoisotopic (exact) mass is 401 g/mol. The predicted molar refractivity (Wildman–Crippen MR) is 93.1 cm³/mol. The summed E-state index contributed by atoms with van der Waals surface area (Å²) in [7, 11) is 0. The summed E-state index contributed by atoms with van der Waals surface area (Å²) in [4.78, 5) is 0. The van der Waals surface area contributed by atoms with Gasteiger partial charge in [-0.25, -0.2) is 0 Å². The highest BCUT2D eigenvalue weighted by Gasteiger charge is 2.20. The molecule has 0 aromatic heterocycles. The van der Waals surface area contributed by atoms with Crippen LogP contribution in [0.15, 0.2) is 42.5 Å². The van der Waals surface area contributed by atoms with Crippen molar-refractivity contribution in [1.29, 1.82) is 0 Å². The number of hydrogen-bond acceptors (Lipinski definition) is 2. The number of nitrogens with one attached hydrogen (secondary N) is 1. The summed E-state index contributed by atoms with van der Waals surface area (Å²) in [5.41, 5.74) is 3.85. The summed E-state index contributed by atoms with van der Waals surface area (Å²) in [5, 5.41) is 4.37. The van der Waals surface area contributed by atoms with Crippen molar-refractivity contribution in [2.45, 2.75) is 11.8 Å². The average Bonchev–Trinajstić information content (AvgIpc) is 2.42. The molecule has 0 saturated carbocycles. The molecular weight excluding hydrogens is 389 g/mol. The summed E-state index contributed by atoms with van der Waals surface area (Å²) >= 11 is 10.5. The average molecular weight is 402 g/mol. The second-order valence-corrected chi connectivity index (χ2v) is 7.22. The first-order valence-corrected chi connectivity index (χ1v) is 8.72. The van der Waals surface area contributed by atoms with Crippen LogP contribution in [0.5, 0.6) is 0 Å². The number of hydrogen-bond donors (Lipinski definition) is 1. The van der Waals surface area contributed by atoms with Gasteiger partial charge in [-0.2, -0.15) is 11.8 Å². The Hall–Kier alpha value is -0.390. The van der Waals surface area contributed by atoms with E-state index in [2.05, 4.69) is 64.3 Å². The third kappa shape index (κ3) is 3.03. The third-order valence-electron chi connectivity index (χ3n) is 3.23. The molecule has 4 heteroatoms. The van der Waals surface area contributed by atoms with Crippen LogP contribution in [0.3, 0.4) is 0 Å². The quantitative estimate of drug-likeness (QED) is 0.681. The van der Waals surface area contributed by atoms with E-state index < -0.39 is 0 Å². The van der Waals surface area contributed by atoms with Gasteiger partial charge in [-0.05, 0) is 51.9 Å². The lowest BCUT2D eigenvalue weighted by Gasteiger charge is -2.27. The fourth-order valence-electron chi connectivity index (χ4n) is 2.30. The lowest BCUT2D eigenvalue weighted by Crippen LogP contribution is -2.18.